The molecule has 0 spiro atoms. The van der Waals surface area contributed by atoms with E-state index in [9.17, 15) is 14.9 Å². The summed E-state index contributed by atoms with van der Waals surface area (Å²) in [5.41, 5.74) is 6.26. The summed E-state index contributed by atoms with van der Waals surface area (Å²) in [5.74, 6) is 1.25. The number of nitro groups is 1. The molecule has 224 valence electrons. The van der Waals surface area contributed by atoms with Crippen molar-refractivity contribution in [1.29, 1.82) is 0 Å². The molecule has 0 aliphatic rings. The summed E-state index contributed by atoms with van der Waals surface area (Å²) < 4.78 is 19.6. The smallest absolute Gasteiger partial charge is 0.307 e. The molecule has 0 fully saturated rings. The summed E-state index contributed by atoms with van der Waals surface area (Å²) >= 11 is 0. The number of pyridine rings is 1. The van der Waals surface area contributed by atoms with Crippen LogP contribution in [0.25, 0.3) is 16.5 Å². The van der Waals surface area contributed by atoms with Crippen molar-refractivity contribution in [3.63, 3.8) is 0 Å². The normalized spacial score (nSPS) is 11.2. The number of aromatic nitrogens is 2. The molecule has 0 saturated heterocycles. The molecule has 3 heterocycles. The predicted molar refractivity (Wildman–Crippen MR) is 168 cm³/mol. The maximum Gasteiger partial charge on any atom is 0.307 e. The lowest BCUT2D eigenvalue weighted by atomic mass is 10.0. The van der Waals surface area contributed by atoms with Crippen LogP contribution in [0.4, 0.5) is 5.69 Å². The molecule has 11 heteroatoms. The number of nitrogens with one attached hydrogen (secondary N) is 1. The van der Waals surface area contributed by atoms with Crippen LogP contribution in [-0.2, 0) is 6.61 Å². The molecule has 1 amide bonds. The van der Waals surface area contributed by atoms with Gasteiger partial charge in [-0.3, -0.25) is 14.9 Å². The van der Waals surface area contributed by atoms with Crippen LogP contribution in [0.1, 0.15) is 33.3 Å². The minimum absolute atomic E-state index is 0.0733. The van der Waals surface area contributed by atoms with E-state index in [4.69, 9.17) is 13.9 Å². The highest BCUT2D eigenvalue weighted by Crippen LogP contribution is 2.30. The van der Waals surface area contributed by atoms with Gasteiger partial charge in [0.2, 0.25) is 5.88 Å². The second-order valence-electron chi connectivity index (χ2n) is 10.1. The molecule has 0 aliphatic heterocycles. The number of benzene rings is 3. The van der Waals surface area contributed by atoms with Crippen molar-refractivity contribution in [2.75, 3.05) is 0 Å². The Labute approximate surface area is 257 Å². The van der Waals surface area contributed by atoms with Gasteiger partial charge in [0.15, 0.2) is 5.76 Å². The molecule has 6 aromatic rings. The van der Waals surface area contributed by atoms with E-state index in [2.05, 4.69) is 46.1 Å². The number of carbonyl (C=O) groups excluding carboxylic acids is 1. The van der Waals surface area contributed by atoms with E-state index in [0.717, 1.165) is 34.0 Å². The van der Waals surface area contributed by atoms with Crippen LogP contribution >= 0.6 is 0 Å². The standard InChI is InChI=1S/C34H27N5O6/c1-22-7-8-23(2)38(22)25-10-13-27(14-11-25)43-21-28-15-17-32(44-28)34(40)37-36-20-30-29-6-4-3-5-24(29)9-16-31(30)45-33-18-12-26(19-35-33)39(41)42/h3-20H,21H2,1-2H3,(H,37,40)/b36-20+. The zero-order chi connectivity index (χ0) is 31.3. The summed E-state index contributed by atoms with van der Waals surface area (Å²) in [6, 6.07) is 29.1. The van der Waals surface area contributed by atoms with Crippen molar-refractivity contribution in [2.24, 2.45) is 5.10 Å². The van der Waals surface area contributed by atoms with Gasteiger partial charge in [0, 0.05) is 34.8 Å². The van der Waals surface area contributed by atoms with Crippen molar-refractivity contribution in [3.05, 3.63) is 142 Å². The molecule has 3 aromatic carbocycles. The third-order valence-electron chi connectivity index (χ3n) is 7.07. The molecule has 0 radical (unpaired) electrons. The Morgan fingerprint density at radius 1 is 0.978 bits per heavy atom. The van der Waals surface area contributed by atoms with Crippen LogP contribution in [0.15, 0.2) is 113 Å². The molecule has 0 saturated carbocycles. The number of rotatable bonds is 10. The van der Waals surface area contributed by atoms with Crippen molar-refractivity contribution < 1.29 is 23.6 Å². The molecule has 6 rings (SSSR count). The number of aryl methyl sites for hydroxylation is 2. The highest BCUT2D eigenvalue weighted by atomic mass is 16.6. The van der Waals surface area contributed by atoms with Crippen LogP contribution in [-0.4, -0.2) is 26.6 Å². The van der Waals surface area contributed by atoms with Crippen LogP contribution in [0.3, 0.4) is 0 Å². The zero-order valence-corrected chi connectivity index (χ0v) is 24.3. The average molecular weight is 602 g/mol. The topological polar surface area (TPSA) is 134 Å². The minimum atomic E-state index is -0.543. The Morgan fingerprint density at radius 2 is 1.76 bits per heavy atom. The van der Waals surface area contributed by atoms with Crippen molar-refractivity contribution in [2.45, 2.75) is 20.5 Å². The van der Waals surface area contributed by atoms with E-state index in [1.54, 1.807) is 18.2 Å². The average Bonchev–Trinajstić information content (AvgIpc) is 3.67. The van der Waals surface area contributed by atoms with Crippen molar-refractivity contribution >= 4 is 28.6 Å². The first kappa shape index (κ1) is 28.9. The number of hydrogen-bond acceptors (Lipinski definition) is 8. The second kappa shape index (κ2) is 12.6. The summed E-state index contributed by atoms with van der Waals surface area (Å²) in [6.45, 7) is 4.26. The van der Waals surface area contributed by atoms with E-state index in [-0.39, 0.29) is 23.9 Å². The highest BCUT2D eigenvalue weighted by Gasteiger charge is 2.14. The number of nitrogens with zero attached hydrogens (tertiary/aromatic N) is 4. The third-order valence-corrected chi connectivity index (χ3v) is 7.07. The SMILES string of the molecule is Cc1ccc(C)n1-c1ccc(OCc2ccc(C(=O)N/N=C/c3c(Oc4ccc([N+](=O)[O-])cn4)ccc4ccccc34)o2)cc1. The van der Waals surface area contributed by atoms with E-state index in [0.29, 0.717) is 22.8 Å². The maximum absolute atomic E-state index is 12.8. The maximum atomic E-state index is 12.8. The Bertz CT molecular complexity index is 2010. The van der Waals surface area contributed by atoms with Gasteiger partial charge in [0.1, 0.15) is 30.1 Å². The molecule has 0 aliphatic carbocycles. The van der Waals surface area contributed by atoms with Gasteiger partial charge in [-0.05, 0) is 79.2 Å². The lowest BCUT2D eigenvalue weighted by molar-refractivity contribution is -0.385. The third kappa shape index (κ3) is 6.42. The number of furan rings is 1. The van der Waals surface area contributed by atoms with E-state index in [1.165, 1.54) is 18.3 Å². The molecule has 0 bridgehead atoms. The Balaban J connectivity index is 1.11. The van der Waals surface area contributed by atoms with Gasteiger partial charge in [0.05, 0.1) is 11.1 Å². The number of amides is 1. The molecule has 1 N–H and O–H groups in total. The molecule has 0 unspecified atom stereocenters. The van der Waals surface area contributed by atoms with E-state index >= 15 is 0 Å². The molecular weight excluding hydrogens is 574 g/mol. The number of fused-ring (bicyclic) bond motifs is 1. The number of ether oxygens (including phenoxy) is 2. The summed E-state index contributed by atoms with van der Waals surface area (Å²) in [6.07, 6.45) is 2.59. The van der Waals surface area contributed by atoms with Crippen molar-refractivity contribution in [3.8, 4) is 23.1 Å². The quantitative estimate of drug-likeness (QED) is 0.0991. The van der Waals surface area contributed by atoms with Crippen LogP contribution in [0.5, 0.6) is 17.4 Å². The lowest BCUT2D eigenvalue weighted by Gasteiger charge is -2.11. The van der Waals surface area contributed by atoms with Gasteiger partial charge in [-0.15, -0.1) is 0 Å². The first-order valence-corrected chi connectivity index (χ1v) is 14.0. The fourth-order valence-electron chi connectivity index (χ4n) is 4.86. The lowest BCUT2D eigenvalue weighted by Crippen LogP contribution is -2.17. The summed E-state index contributed by atoms with van der Waals surface area (Å²) in [7, 11) is 0. The fourth-order valence-corrected chi connectivity index (χ4v) is 4.86. The Kier molecular flexibility index (Phi) is 8.06. The van der Waals surface area contributed by atoms with Gasteiger partial charge >= 0.3 is 5.91 Å². The monoisotopic (exact) mass is 601 g/mol. The molecule has 3 aromatic heterocycles. The van der Waals surface area contributed by atoms with Crippen LogP contribution < -0.4 is 14.9 Å². The van der Waals surface area contributed by atoms with Gasteiger partial charge < -0.3 is 18.5 Å². The summed E-state index contributed by atoms with van der Waals surface area (Å²) in [4.78, 5) is 27.2. The van der Waals surface area contributed by atoms with Gasteiger partial charge in [0.25, 0.3) is 5.69 Å². The Morgan fingerprint density at radius 3 is 2.49 bits per heavy atom. The first-order chi connectivity index (χ1) is 21.9. The van der Waals surface area contributed by atoms with Crippen LogP contribution in [0.2, 0.25) is 0 Å². The molecule has 11 nitrogen and oxygen atoms in total. The fraction of sp³-hybridized carbons (Fsp3) is 0.0882. The zero-order valence-electron chi connectivity index (χ0n) is 24.3. The predicted octanol–water partition coefficient (Wildman–Crippen LogP) is 7.28. The number of carbonyl (C=O) groups is 1. The van der Waals surface area contributed by atoms with Gasteiger partial charge in [-0.2, -0.15) is 5.10 Å². The van der Waals surface area contributed by atoms with E-state index < -0.39 is 10.8 Å². The van der Waals surface area contributed by atoms with Gasteiger partial charge in [-0.25, -0.2) is 10.4 Å². The van der Waals surface area contributed by atoms with Gasteiger partial charge in [-0.1, -0.05) is 30.3 Å². The van der Waals surface area contributed by atoms with Crippen molar-refractivity contribution in [1.82, 2.24) is 15.0 Å². The molecule has 45 heavy (non-hydrogen) atoms. The first-order valence-electron chi connectivity index (χ1n) is 14.0. The van der Waals surface area contributed by atoms with E-state index in [1.807, 2.05) is 54.6 Å². The summed E-state index contributed by atoms with van der Waals surface area (Å²) in [5, 5.41) is 16.8. The molecule has 0 atom stereocenters. The minimum Gasteiger partial charge on any atom is -0.486 e. The van der Waals surface area contributed by atoms with Crippen LogP contribution in [0, 0.1) is 24.0 Å². The Hall–Kier alpha value is -6.23. The second-order valence-corrected chi connectivity index (χ2v) is 10.1. The highest BCUT2D eigenvalue weighted by molar-refractivity contribution is 6.03. The molecular formula is C34H27N5O6. The largest absolute Gasteiger partial charge is 0.486 e. The number of hydrogen-bond donors (Lipinski definition) is 1. The number of hydrazone groups is 1.